The van der Waals surface area contributed by atoms with E-state index in [1.54, 1.807) is 0 Å². The number of rotatable bonds is 5. The van der Waals surface area contributed by atoms with Gasteiger partial charge in [-0.05, 0) is 43.9 Å². The molecule has 1 unspecified atom stereocenters. The van der Waals surface area contributed by atoms with Crippen LogP contribution in [0.1, 0.15) is 19.8 Å². The molecule has 2 rings (SSSR count). The molecule has 1 heterocycles. The Balaban J connectivity index is 2.10. The van der Waals surface area contributed by atoms with Crippen LogP contribution in [0.5, 0.6) is 0 Å². The molecule has 0 bridgehead atoms. The number of carbonyl (C=O) groups excluding carboxylic acids is 1. The van der Waals surface area contributed by atoms with Gasteiger partial charge in [0.05, 0.1) is 6.61 Å². The number of nitrogens with one attached hydrogen (secondary N) is 1. The predicted octanol–water partition coefficient (Wildman–Crippen LogP) is 3.22. The fraction of sp³-hybridized carbons (Fsp3) is 0.533. The zero-order valence-corrected chi connectivity index (χ0v) is 13.2. The van der Waals surface area contributed by atoms with E-state index in [9.17, 15) is 4.79 Å². The van der Waals surface area contributed by atoms with Gasteiger partial charge in [0.15, 0.2) is 0 Å². The molecule has 0 spiro atoms. The Morgan fingerprint density at radius 1 is 1.50 bits per heavy atom. The van der Waals surface area contributed by atoms with Crippen molar-refractivity contribution in [1.29, 1.82) is 0 Å². The van der Waals surface area contributed by atoms with Gasteiger partial charge in [-0.1, -0.05) is 22.0 Å². The maximum Gasteiger partial charge on any atom is 0.328 e. The number of halogens is 1. The van der Waals surface area contributed by atoms with Crippen LogP contribution >= 0.6 is 15.9 Å². The van der Waals surface area contributed by atoms with Crippen LogP contribution in [-0.2, 0) is 14.3 Å². The van der Waals surface area contributed by atoms with Gasteiger partial charge in [0.1, 0.15) is 6.04 Å². The van der Waals surface area contributed by atoms with Gasteiger partial charge in [0.2, 0.25) is 0 Å². The first-order chi connectivity index (χ1) is 9.70. The molecule has 110 valence electrons. The molecule has 20 heavy (non-hydrogen) atoms. The first-order valence-electron chi connectivity index (χ1n) is 6.97. The average Bonchev–Trinajstić information content (AvgIpc) is 2.46. The molecule has 0 radical (unpaired) electrons. The fourth-order valence-electron chi connectivity index (χ4n) is 2.41. The van der Waals surface area contributed by atoms with Gasteiger partial charge in [-0.25, -0.2) is 4.79 Å². The Morgan fingerprint density at radius 2 is 2.25 bits per heavy atom. The smallest absolute Gasteiger partial charge is 0.328 e. The van der Waals surface area contributed by atoms with E-state index in [2.05, 4.69) is 21.2 Å². The van der Waals surface area contributed by atoms with Gasteiger partial charge >= 0.3 is 5.97 Å². The van der Waals surface area contributed by atoms with Crippen molar-refractivity contribution in [3.63, 3.8) is 0 Å². The molecule has 1 aliphatic rings. The molecule has 0 aromatic heterocycles. The third kappa shape index (κ3) is 4.21. The number of carbonyl (C=O) groups is 1. The molecule has 1 saturated heterocycles. The Morgan fingerprint density at radius 3 is 2.90 bits per heavy atom. The van der Waals surface area contributed by atoms with Crippen molar-refractivity contribution in [3.8, 4) is 0 Å². The lowest BCUT2D eigenvalue weighted by Crippen LogP contribution is -2.41. The van der Waals surface area contributed by atoms with Crippen molar-refractivity contribution in [2.24, 2.45) is 5.92 Å². The average molecular weight is 342 g/mol. The molecular weight excluding hydrogens is 322 g/mol. The van der Waals surface area contributed by atoms with Crippen molar-refractivity contribution in [2.75, 3.05) is 25.1 Å². The number of ether oxygens (including phenoxy) is 2. The molecule has 1 N–H and O–H groups in total. The summed E-state index contributed by atoms with van der Waals surface area (Å²) in [5, 5.41) is 3.31. The minimum absolute atomic E-state index is 0.181. The minimum atomic E-state index is -0.312. The summed E-state index contributed by atoms with van der Waals surface area (Å²) in [5.41, 5.74) is 0.920. The molecular formula is C15H20BrNO3. The standard InChI is InChI=1S/C15H20BrNO3/c1-2-20-15(18)14(11-6-8-19-9-7-11)17-13-5-3-4-12(16)10-13/h3-5,10-11,14,17H,2,6-9H2,1H3. The molecule has 0 aliphatic carbocycles. The number of esters is 1. The fourth-order valence-corrected chi connectivity index (χ4v) is 2.81. The van der Waals surface area contributed by atoms with Gasteiger partial charge < -0.3 is 14.8 Å². The quantitative estimate of drug-likeness (QED) is 0.835. The van der Waals surface area contributed by atoms with Crippen LogP contribution in [0.15, 0.2) is 28.7 Å². The van der Waals surface area contributed by atoms with Crippen LogP contribution in [0.3, 0.4) is 0 Å². The van der Waals surface area contributed by atoms with Crippen LogP contribution in [0.2, 0.25) is 0 Å². The van der Waals surface area contributed by atoms with Crippen molar-refractivity contribution < 1.29 is 14.3 Å². The van der Waals surface area contributed by atoms with E-state index < -0.39 is 0 Å². The molecule has 1 fully saturated rings. The second-order valence-electron chi connectivity index (χ2n) is 4.83. The zero-order valence-electron chi connectivity index (χ0n) is 11.6. The van der Waals surface area contributed by atoms with E-state index in [1.807, 2.05) is 31.2 Å². The zero-order chi connectivity index (χ0) is 14.4. The highest BCUT2D eigenvalue weighted by Crippen LogP contribution is 2.24. The summed E-state index contributed by atoms with van der Waals surface area (Å²) in [6, 6.07) is 7.51. The third-order valence-corrected chi connectivity index (χ3v) is 3.92. The highest BCUT2D eigenvalue weighted by Gasteiger charge is 2.31. The minimum Gasteiger partial charge on any atom is -0.464 e. The third-order valence-electron chi connectivity index (χ3n) is 3.42. The van der Waals surface area contributed by atoms with Crippen molar-refractivity contribution >= 4 is 27.6 Å². The van der Waals surface area contributed by atoms with Crippen molar-refractivity contribution in [1.82, 2.24) is 0 Å². The summed E-state index contributed by atoms with van der Waals surface area (Å²) in [6.45, 7) is 3.65. The van der Waals surface area contributed by atoms with E-state index in [0.717, 1.165) is 23.0 Å². The van der Waals surface area contributed by atoms with Crippen LogP contribution < -0.4 is 5.32 Å². The van der Waals surface area contributed by atoms with Crippen LogP contribution in [-0.4, -0.2) is 31.8 Å². The van der Waals surface area contributed by atoms with Gasteiger partial charge in [-0.15, -0.1) is 0 Å². The topological polar surface area (TPSA) is 47.6 Å². The molecule has 4 nitrogen and oxygen atoms in total. The molecule has 5 heteroatoms. The Bertz CT molecular complexity index is 446. The first-order valence-corrected chi connectivity index (χ1v) is 7.76. The van der Waals surface area contributed by atoms with E-state index in [1.165, 1.54) is 0 Å². The molecule has 1 aromatic carbocycles. The van der Waals surface area contributed by atoms with E-state index >= 15 is 0 Å². The lowest BCUT2D eigenvalue weighted by molar-refractivity contribution is -0.146. The van der Waals surface area contributed by atoms with Crippen LogP contribution in [0, 0.1) is 5.92 Å². The summed E-state index contributed by atoms with van der Waals surface area (Å²) >= 11 is 3.44. The number of hydrogen-bond donors (Lipinski definition) is 1. The normalized spacial score (nSPS) is 17.5. The number of benzene rings is 1. The van der Waals surface area contributed by atoms with E-state index in [-0.39, 0.29) is 17.9 Å². The molecule has 1 aromatic rings. The van der Waals surface area contributed by atoms with E-state index in [4.69, 9.17) is 9.47 Å². The largest absolute Gasteiger partial charge is 0.464 e. The maximum atomic E-state index is 12.2. The predicted molar refractivity (Wildman–Crippen MR) is 81.7 cm³/mol. The summed E-state index contributed by atoms with van der Waals surface area (Å²) in [6.07, 6.45) is 1.76. The lowest BCUT2D eigenvalue weighted by Gasteiger charge is -2.30. The molecule has 1 atom stereocenters. The van der Waals surface area contributed by atoms with Gasteiger partial charge in [-0.3, -0.25) is 0 Å². The Hall–Kier alpha value is -1.07. The maximum absolute atomic E-state index is 12.2. The lowest BCUT2D eigenvalue weighted by atomic mass is 9.91. The summed E-state index contributed by atoms with van der Waals surface area (Å²) < 4.78 is 11.6. The van der Waals surface area contributed by atoms with Crippen LogP contribution in [0.4, 0.5) is 5.69 Å². The SMILES string of the molecule is CCOC(=O)C(Nc1cccc(Br)c1)C1CCOCC1. The van der Waals surface area contributed by atoms with Crippen LogP contribution in [0.25, 0.3) is 0 Å². The highest BCUT2D eigenvalue weighted by molar-refractivity contribution is 9.10. The molecule has 1 aliphatic heterocycles. The molecule has 0 amide bonds. The van der Waals surface area contributed by atoms with Gasteiger partial charge in [0, 0.05) is 23.4 Å². The number of hydrogen-bond acceptors (Lipinski definition) is 4. The first kappa shape index (κ1) is 15.3. The van der Waals surface area contributed by atoms with Crippen molar-refractivity contribution in [3.05, 3.63) is 28.7 Å². The summed E-state index contributed by atoms with van der Waals surface area (Å²) in [5.74, 6) is 0.0705. The second-order valence-corrected chi connectivity index (χ2v) is 5.75. The van der Waals surface area contributed by atoms with Gasteiger partial charge in [-0.2, -0.15) is 0 Å². The Labute approximate surface area is 128 Å². The van der Waals surface area contributed by atoms with Gasteiger partial charge in [0.25, 0.3) is 0 Å². The van der Waals surface area contributed by atoms with E-state index in [0.29, 0.717) is 19.8 Å². The summed E-state index contributed by atoms with van der Waals surface area (Å²) in [4.78, 5) is 12.2. The van der Waals surface area contributed by atoms with Crippen molar-refractivity contribution in [2.45, 2.75) is 25.8 Å². The summed E-state index contributed by atoms with van der Waals surface area (Å²) in [7, 11) is 0. The molecule has 0 saturated carbocycles. The highest BCUT2D eigenvalue weighted by atomic mass is 79.9. The Kier molecular flexibility index (Phi) is 5.86. The monoisotopic (exact) mass is 341 g/mol. The number of anilines is 1. The second kappa shape index (κ2) is 7.64.